The van der Waals surface area contributed by atoms with Crippen LogP contribution in [-0.4, -0.2) is 7.11 Å². The number of rotatable bonds is 4. The minimum Gasteiger partial charge on any atom is -0.496 e. The molecule has 0 aliphatic carbocycles. The molecular weight excluding hydrogens is 252 g/mol. The number of nitriles is 1. The number of hydrogen-bond donors (Lipinski definition) is 1. The van der Waals surface area contributed by atoms with Crippen LogP contribution in [0.1, 0.15) is 16.7 Å². The van der Waals surface area contributed by atoms with Crippen molar-refractivity contribution >= 4 is 5.69 Å². The van der Waals surface area contributed by atoms with Gasteiger partial charge < -0.3 is 15.2 Å². The van der Waals surface area contributed by atoms with E-state index in [9.17, 15) is 0 Å². The van der Waals surface area contributed by atoms with Crippen molar-refractivity contribution < 1.29 is 9.47 Å². The van der Waals surface area contributed by atoms with Gasteiger partial charge in [-0.3, -0.25) is 0 Å². The van der Waals surface area contributed by atoms with E-state index < -0.39 is 0 Å². The Hall–Kier alpha value is -2.67. The maximum Gasteiger partial charge on any atom is 0.142 e. The van der Waals surface area contributed by atoms with Gasteiger partial charge in [0, 0.05) is 5.56 Å². The Morgan fingerprint density at radius 3 is 2.65 bits per heavy atom. The monoisotopic (exact) mass is 268 g/mol. The lowest BCUT2D eigenvalue weighted by molar-refractivity contribution is 0.298. The van der Waals surface area contributed by atoms with Crippen LogP contribution in [0.5, 0.6) is 11.5 Å². The average Bonchev–Trinajstić information content (AvgIpc) is 2.47. The molecule has 0 spiro atoms. The number of nitrogens with zero attached hydrogens (tertiary/aromatic N) is 1. The number of hydrogen-bond acceptors (Lipinski definition) is 4. The van der Waals surface area contributed by atoms with Crippen molar-refractivity contribution in [2.45, 2.75) is 13.5 Å². The van der Waals surface area contributed by atoms with Gasteiger partial charge in [0.25, 0.3) is 0 Å². The summed E-state index contributed by atoms with van der Waals surface area (Å²) in [5.74, 6) is 1.32. The lowest BCUT2D eigenvalue weighted by atomic mass is 10.1. The molecule has 2 aromatic carbocycles. The van der Waals surface area contributed by atoms with E-state index >= 15 is 0 Å². The number of nitrogen functional groups attached to an aromatic ring is 1. The third kappa shape index (κ3) is 3.01. The molecule has 0 fully saturated rings. The molecule has 0 aliphatic heterocycles. The van der Waals surface area contributed by atoms with Crippen LogP contribution in [-0.2, 0) is 6.61 Å². The van der Waals surface area contributed by atoms with Crippen LogP contribution in [0.4, 0.5) is 5.69 Å². The highest BCUT2D eigenvalue weighted by Gasteiger charge is 2.07. The number of anilines is 1. The summed E-state index contributed by atoms with van der Waals surface area (Å²) in [6, 6.07) is 13.0. The number of aryl methyl sites for hydroxylation is 1. The first kappa shape index (κ1) is 13.8. The van der Waals surface area contributed by atoms with E-state index in [2.05, 4.69) is 6.07 Å². The molecule has 2 aromatic rings. The fourth-order valence-electron chi connectivity index (χ4n) is 1.88. The predicted octanol–water partition coefficient (Wildman–Crippen LogP) is 3.04. The predicted molar refractivity (Wildman–Crippen MR) is 77.6 cm³/mol. The van der Waals surface area contributed by atoms with Gasteiger partial charge in [-0.2, -0.15) is 5.26 Å². The Morgan fingerprint density at radius 1 is 1.15 bits per heavy atom. The van der Waals surface area contributed by atoms with Crippen LogP contribution in [0, 0.1) is 18.3 Å². The summed E-state index contributed by atoms with van der Waals surface area (Å²) in [7, 11) is 1.59. The van der Waals surface area contributed by atoms with Gasteiger partial charge in [0.1, 0.15) is 18.1 Å². The van der Waals surface area contributed by atoms with Crippen molar-refractivity contribution in [1.82, 2.24) is 0 Å². The van der Waals surface area contributed by atoms with Crippen LogP contribution in [0.2, 0.25) is 0 Å². The molecule has 0 aliphatic rings. The van der Waals surface area contributed by atoms with E-state index in [0.717, 1.165) is 11.1 Å². The fourth-order valence-corrected chi connectivity index (χ4v) is 1.88. The number of nitrogens with two attached hydrogens (primary N) is 1. The van der Waals surface area contributed by atoms with Crippen LogP contribution in [0.25, 0.3) is 0 Å². The molecule has 0 heterocycles. The van der Waals surface area contributed by atoms with Gasteiger partial charge in [-0.15, -0.1) is 0 Å². The molecule has 20 heavy (non-hydrogen) atoms. The Morgan fingerprint density at radius 2 is 1.95 bits per heavy atom. The molecule has 4 nitrogen and oxygen atoms in total. The highest BCUT2D eigenvalue weighted by Crippen LogP contribution is 2.26. The van der Waals surface area contributed by atoms with Crippen molar-refractivity contribution in [2.24, 2.45) is 0 Å². The summed E-state index contributed by atoms with van der Waals surface area (Å²) in [6.45, 7) is 2.27. The zero-order valence-corrected chi connectivity index (χ0v) is 11.5. The third-order valence-electron chi connectivity index (χ3n) is 2.96. The first-order valence-electron chi connectivity index (χ1n) is 6.20. The number of benzene rings is 2. The Labute approximate surface area is 118 Å². The Kier molecular flexibility index (Phi) is 4.11. The molecule has 2 rings (SSSR count). The summed E-state index contributed by atoms with van der Waals surface area (Å²) in [5.41, 5.74) is 8.92. The first-order valence-corrected chi connectivity index (χ1v) is 6.20. The minimum absolute atomic E-state index is 0.298. The Bertz CT molecular complexity index is 660. The maximum atomic E-state index is 8.94. The summed E-state index contributed by atoms with van der Waals surface area (Å²) in [4.78, 5) is 0. The van der Waals surface area contributed by atoms with E-state index in [1.807, 2.05) is 25.1 Å². The molecule has 0 atom stereocenters. The van der Waals surface area contributed by atoms with E-state index in [4.69, 9.17) is 20.5 Å². The van der Waals surface area contributed by atoms with Crippen molar-refractivity contribution in [2.75, 3.05) is 12.8 Å². The molecule has 0 saturated carbocycles. The zero-order chi connectivity index (χ0) is 14.5. The minimum atomic E-state index is 0.298. The molecule has 0 radical (unpaired) electrons. The molecule has 0 aromatic heterocycles. The van der Waals surface area contributed by atoms with Crippen molar-refractivity contribution in [3.63, 3.8) is 0 Å². The molecule has 2 N–H and O–H groups in total. The second kappa shape index (κ2) is 5.98. The van der Waals surface area contributed by atoms with Crippen molar-refractivity contribution in [3.8, 4) is 17.6 Å². The van der Waals surface area contributed by atoms with Crippen LogP contribution < -0.4 is 15.2 Å². The fraction of sp³-hybridized carbons (Fsp3) is 0.188. The smallest absolute Gasteiger partial charge is 0.142 e. The summed E-state index contributed by atoms with van der Waals surface area (Å²) >= 11 is 0. The highest BCUT2D eigenvalue weighted by molar-refractivity contribution is 5.54. The second-order valence-corrected chi connectivity index (χ2v) is 4.47. The number of methoxy groups -OCH3 is 1. The van der Waals surface area contributed by atoms with Crippen LogP contribution in [0.15, 0.2) is 36.4 Å². The van der Waals surface area contributed by atoms with E-state index in [-0.39, 0.29) is 0 Å². The molecule has 0 saturated heterocycles. The quantitative estimate of drug-likeness (QED) is 0.865. The lowest BCUT2D eigenvalue weighted by Gasteiger charge is -2.12. The van der Waals surface area contributed by atoms with Gasteiger partial charge in [-0.25, -0.2) is 0 Å². The third-order valence-corrected chi connectivity index (χ3v) is 2.96. The SMILES string of the molecule is COc1ccc(C#N)cc1COc1cc(C)ccc1N. The van der Waals surface area contributed by atoms with Gasteiger partial charge in [-0.05, 0) is 42.8 Å². The molecule has 0 unspecified atom stereocenters. The number of ether oxygens (including phenoxy) is 2. The topological polar surface area (TPSA) is 68.3 Å². The highest BCUT2D eigenvalue weighted by atomic mass is 16.5. The lowest BCUT2D eigenvalue weighted by Crippen LogP contribution is -2.01. The largest absolute Gasteiger partial charge is 0.496 e. The van der Waals surface area contributed by atoms with E-state index in [1.165, 1.54) is 0 Å². The van der Waals surface area contributed by atoms with Gasteiger partial charge >= 0.3 is 0 Å². The summed E-state index contributed by atoms with van der Waals surface area (Å²) < 4.78 is 11.0. The van der Waals surface area contributed by atoms with E-state index in [1.54, 1.807) is 25.3 Å². The van der Waals surface area contributed by atoms with Crippen LogP contribution in [0.3, 0.4) is 0 Å². The standard InChI is InChI=1S/C16H16N2O2/c1-11-3-5-14(18)16(7-11)20-10-13-8-12(9-17)4-6-15(13)19-2/h3-8H,10,18H2,1-2H3. The molecule has 4 heteroatoms. The Balaban J connectivity index is 2.22. The maximum absolute atomic E-state index is 8.94. The van der Waals surface area contributed by atoms with Gasteiger partial charge in [0.15, 0.2) is 0 Å². The summed E-state index contributed by atoms with van der Waals surface area (Å²) in [5, 5.41) is 8.94. The molecule has 102 valence electrons. The first-order chi connectivity index (χ1) is 9.63. The summed E-state index contributed by atoms with van der Waals surface area (Å²) in [6.07, 6.45) is 0. The second-order valence-electron chi connectivity index (χ2n) is 4.47. The average molecular weight is 268 g/mol. The zero-order valence-electron chi connectivity index (χ0n) is 11.5. The molecular formula is C16H16N2O2. The van der Waals surface area contributed by atoms with Crippen LogP contribution >= 0.6 is 0 Å². The van der Waals surface area contributed by atoms with Gasteiger partial charge in [0.2, 0.25) is 0 Å². The molecule has 0 amide bonds. The van der Waals surface area contributed by atoms with Crippen molar-refractivity contribution in [1.29, 1.82) is 5.26 Å². The normalized spacial score (nSPS) is 9.85. The van der Waals surface area contributed by atoms with Gasteiger partial charge in [-0.1, -0.05) is 6.07 Å². The van der Waals surface area contributed by atoms with E-state index in [0.29, 0.717) is 29.4 Å². The van der Waals surface area contributed by atoms with Gasteiger partial charge in [0.05, 0.1) is 24.4 Å². The molecule has 0 bridgehead atoms. The van der Waals surface area contributed by atoms with Crippen molar-refractivity contribution in [3.05, 3.63) is 53.1 Å².